The number of anilines is 6. The van der Waals surface area contributed by atoms with Crippen LogP contribution in [0.1, 0.15) is 83.4 Å². The molecule has 6 atom stereocenters. The lowest BCUT2D eigenvalue weighted by atomic mass is 10.0. The molecule has 0 spiro atoms. The van der Waals surface area contributed by atoms with Gasteiger partial charge in [-0.3, -0.25) is 14.4 Å². The number of piperazine rings is 3. The first-order valence-electron chi connectivity index (χ1n) is 45.7. The summed E-state index contributed by atoms with van der Waals surface area (Å²) >= 11 is 19.1. The molecule has 9 aliphatic rings. The fraction of sp³-hybridized carbons (Fsp3) is 0.490. The Balaban J connectivity index is 0.000000195. The number of fused-ring (bicyclic) bond motifs is 5. The van der Waals surface area contributed by atoms with Crippen molar-refractivity contribution in [3.8, 4) is 18.0 Å². The predicted molar refractivity (Wildman–Crippen MR) is 555 cm³/mol. The van der Waals surface area contributed by atoms with E-state index in [1.807, 2.05) is 61.5 Å². The van der Waals surface area contributed by atoms with Crippen molar-refractivity contribution in [1.82, 2.24) is 64.2 Å². The van der Waals surface area contributed by atoms with E-state index < -0.39 is 41.5 Å². The number of benzene rings is 5. The van der Waals surface area contributed by atoms with Crippen LogP contribution in [0.3, 0.4) is 0 Å². The van der Waals surface area contributed by atoms with Crippen LogP contribution in [0.4, 0.5) is 52.1 Å². The molecule has 9 aliphatic heterocycles. The molecule has 3 amide bonds. The van der Waals surface area contributed by atoms with Crippen molar-refractivity contribution in [3.05, 3.63) is 216 Å². The highest BCUT2D eigenvalue weighted by Crippen LogP contribution is 2.43. The molecule has 39 heteroatoms. The number of aryl methyl sites for hydroxylation is 1. The molecule has 6 saturated heterocycles. The minimum Gasteiger partial charge on any atom is -0.462 e. The van der Waals surface area contributed by atoms with E-state index in [1.54, 1.807) is 9.80 Å². The lowest BCUT2D eigenvalue weighted by Gasteiger charge is -2.41. The van der Waals surface area contributed by atoms with E-state index in [-0.39, 0.29) is 124 Å². The van der Waals surface area contributed by atoms with E-state index >= 15 is 0 Å². The maximum absolute atomic E-state index is 14.9. The molecule has 8 aromatic rings. The number of hydrogen-bond acceptors (Lipinski definition) is 22. The molecule has 137 heavy (non-hydrogen) atoms. The van der Waals surface area contributed by atoms with Gasteiger partial charge in [-0.05, 0) is 185 Å². The normalized spacial score (nSPS) is 20.2. The Kier molecular flexibility index (Phi) is 38.2. The summed E-state index contributed by atoms with van der Waals surface area (Å²) in [7, 11) is 9.96. The molecule has 0 bridgehead atoms. The van der Waals surface area contributed by atoms with Gasteiger partial charge in [0.15, 0.2) is 5.83 Å². The molecule has 0 N–H and O–H groups in total. The van der Waals surface area contributed by atoms with Crippen molar-refractivity contribution in [3.63, 3.8) is 0 Å². The van der Waals surface area contributed by atoms with Crippen LogP contribution in [0.2, 0.25) is 10.0 Å². The summed E-state index contributed by atoms with van der Waals surface area (Å²) in [5.74, 6) is -0.545. The number of alkyl halides is 3. The van der Waals surface area contributed by atoms with Gasteiger partial charge in [0.2, 0.25) is 25.5 Å². The second-order valence-corrected chi connectivity index (χ2v) is 37.0. The maximum Gasteiger partial charge on any atom is 0.421 e. The van der Waals surface area contributed by atoms with Crippen LogP contribution in [0.5, 0.6) is 18.0 Å². The third-order valence-corrected chi connectivity index (χ3v) is 28.0. The van der Waals surface area contributed by atoms with Crippen LogP contribution >= 0.6 is 88.8 Å². The van der Waals surface area contributed by atoms with Crippen LogP contribution < -0.4 is 43.6 Å². The minimum absolute atomic E-state index is 0. The van der Waals surface area contributed by atoms with Gasteiger partial charge in [-0.2, -0.15) is 97.1 Å². The van der Waals surface area contributed by atoms with E-state index in [2.05, 4.69) is 144 Å². The van der Waals surface area contributed by atoms with Crippen LogP contribution in [0, 0.1) is 33.6 Å². The zero-order chi connectivity index (χ0) is 93.9. The van der Waals surface area contributed by atoms with Crippen molar-refractivity contribution in [2.24, 2.45) is 0 Å². The van der Waals surface area contributed by atoms with E-state index in [4.69, 9.17) is 98.6 Å². The van der Waals surface area contributed by atoms with Crippen molar-refractivity contribution >= 4 is 163 Å². The second-order valence-electron chi connectivity index (χ2n) is 35.9. The lowest BCUT2D eigenvalue weighted by molar-refractivity contribution is -0.141. The molecule has 0 radical (unpaired) electrons. The van der Waals surface area contributed by atoms with Crippen molar-refractivity contribution in [2.45, 2.75) is 134 Å². The number of carbonyl (C=O) groups excluding carboxylic acids is 3. The highest BCUT2D eigenvalue weighted by molar-refractivity contribution is 7.59. The molecule has 17 rings (SSSR count). The number of ether oxygens (including phenoxy) is 3. The molecular weight excluding hydrogens is 1890 g/mol. The first kappa shape index (κ1) is 107. The van der Waals surface area contributed by atoms with Crippen molar-refractivity contribution < 1.29 is 46.2 Å². The van der Waals surface area contributed by atoms with Crippen molar-refractivity contribution in [1.29, 1.82) is 0 Å². The largest absolute Gasteiger partial charge is 0.462 e. The number of amides is 3. The Morgan fingerprint density at radius 2 is 0.847 bits per heavy atom. The first-order valence-corrected chi connectivity index (χ1v) is 46.9. The Morgan fingerprint density at radius 1 is 0.489 bits per heavy atom. The molecule has 734 valence electrons. The molecule has 28 nitrogen and oxygen atoms in total. The highest BCUT2D eigenvalue weighted by Gasteiger charge is 2.45. The second kappa shape index (κ2) is 48.7. The third-order valence-electron chi connectivity index (χ3n) is 27.3. The Bertz CT molecular complexity index is 5810. The molecule has 0 aliphatic carbocycles. The maximum atomic E-state index is 14.9. The Morgan fingerprint density at radius 3 is 1.21 bits per heavy atom. The number of carbonyl (C=O) groups is 3. The van der Waals surface area contributed by atoms with Crippen LogP contribution in [-0.2, 0) is 53.3 Å². The monoisotopic (exact) mass is 2010 g/mol. The number of hydrogen-bond donors (Lipinski definition) is 0. The summed E-state index contributed by atoms with van der Waals surface area (Å²) in [5, 5.41) is 5.48. The van der Waals surface area contributed by atoms with Gasteiger partial charge in [-0.25, -0.2) is 24.1 Å². The molecule has 5 aromatic carbocycles. The Labute approximate surface area is 843 Å². The average Bonchev–Trinajstić information content (AvgIpc) is 1.25. The van der Waals surface area contributed by atoms with Gasteiger partial charge >= 0.3 is 24.2 Å². The van der Waals surface area contributed by atoms with Gasteiger partial charge in [0.25, 0.3) is 11.8 Å². The van der Waals surface area contributed by atoms with E-state index in [0.717, 1.165) is 154 Å². The third kappa shape index (κ3) is 25.1. The van der Waals surface area contributed by atoms with Crippen LogP contribution in [-0.4, -0.2) is 304 Å². The van der Waals surface area contributed by atoms with Crippen molar-refractivity contribution in [2.75, 3.05) is 209 Å². The number of likely N-dealkylation sites (tertiary alicyclic amines) is 3. The van der Waals surface area contributed by atoms with Gasteiger partial charge in [0, 0.05) is 159 Å². The predicted octanol–water partition coefficient (Wildman–Crippen LogP) is 14.3. The number of rotatable bonds is 23. The molecule has 6 fully saturated rings. The number of aromatic nitrogens is 6. The van der Waals surface area contributed by atoms with Gasteiger partial charge in [0.1, 0.15) is 61.0 Å². The molecule has 0 saturated carbocycles. The quantitative estimate of drug-likeness (QED) is 0.0331. The minimum atomic E-state index is -4.84. The van der Waals surface area contributed by atoms with Gasteiger partial charge in [0.05, 0.1) is 46.8 Å². The number of likely N-dealkylation sites (N-methyl/N-ethyl adjacent to an activating group) is 4. The summed E-state index contributed by atoms with van der Waals surface area (Å²) in [6, 6.07) is 31.0. The topological polar surface area (TPSA) is 211 Å². The van der Waals surface area contributed by atoms with Gasteiger partial charge in [-0.1, -0.05) is 102 Å². The standard InChI is InChI=1S/C35H42ClFN8O2.C33H35ClF3N7O2.C30H38ClN7O2.4H2S/c1-38-20-26-21-44(18-19-45(26)34(46)29(37)14-16-41(2)3)33-27-13-17-43(31-12-6-9-24-8-5-11-28(36)32(24)31)22-30(27)39-35(40-33)47-23-25-10-7-15-42(25)4;1-21(33(35,36)37)31(45)44-16-15-43(18-24(44)17-38-2)30-25-12-14-42(28-11-5-8-22-7-4-10-26(34)29(22)28)19-27(25)39-32(40-30)46-20-23-9-6-13-41(23)3;1-21-7-5-9-27(22(21)2)36-14-11-25-26(19-36)33-30(40-20-23-8-6-13-35(23)4)34-29(25)37-15-16-38(28(39)10-12-31)24(18-37)17-32-3;;;;/h5-6,8-9,11-12,14,25-26H,7,10,13,15-23H2,2-4H3;4-5,7-8,10-11,23-24H,1,6,9,12-20H2,3H3;5,7,9-10,12,23-24H,6,8,11,13-20H2,1-2,4H3;4*1H2/b29-14+;;12-10-;;;;/t25-,26-;2*23-,24-;;;;/m000..../s1. The molecular formula is C98H123Cl3F4N22O6S4. The molecule has 0 unspecified atom stereocenters. The number of nitrogens with zero attached hydrogens (tertiary/aromatic N) is 22. The van der Waals surface area contributed by atoms with E-state index in [1.165, 1.54) is 45.8 Å². The van der Waals surface area contributed by atoms with Gasteiger partial charge in [-0.15, -0.1) is 0 Å². The smallest absolute Gasteiger partial charge is 0.421 e. The SMILES string of the molecule is S.S.S.S.[C-]#[N+]C[C@H]1CN(c2nc(OC[C@@H]3CCCN3C)nc3c2CCN(c2cccc(C)c2C)C3)CCN1C(=O)/C=C\Cl.[C-]#[N+]C[C@H]1CN(c2nc(OC[C@@H]3CCCN3C)nc3c2CCN(c2cccc4cccc(Cl)c24)C3)CCN1C(=O)/C(F)=C\CN(C)C.[C-]#[N+]C[C@H]1CN(c2nc(OC[C@@H]3CCCN3C)nc3c2CCN(c2cccc4cccc(Cl)c24)C3)CCN1C(=O)C(=C)C(F)(F)F. The lowest BCUT2D eigenvalue weighted by Crippen LogP contribution is -2.57. The fourth-order valence-corrected chi connectivity index (χ4v) is 20.3. The average molecular weight is 2020 g/mol. The van der Waals surface area contributed by atoms with E-state index in [0.29, 0.717) is 138 Å². The number of halogens is 7. The zero-order valence-corrected chi connectivity index (χ0v) is 84.8. The highest BCUT2D eigenvalue weighted by atomic mass is 35.5. The fourth-order valence-electron chi connectivity index (χ4n) is 19.7. The van der Waals surface area contributed by atoms with Gasteiger partial charge < -0.3 is 92.4 Å². The molecule has 12 heterocycles. The summed E-state index contributed by atoms with van der Waals surface area (Å²) in [6.45, 7) is 42.0. The Hall–Kier alpha value is -10.0. The van der Waals surface area contributed by atoms with Crippen LogP contribution in [0.25, 0.3) is 36.1 Å². The first-order chi connectivity index (χ1) is 64.2. The van der Waals surface area contributed by atoms with E-state index in [9.17, 15) is 31.9 Å². The summed E-state index contributed by atoms with van der Waals surface area (Å²) in [5.41, 5.74) is 11.4. The molecule has 3 aromatic heterocycles. The zero-order valence-electron chi connectivity index (χ0n) is 78.5. The summed E-state index contributed by atoms with van der Waals surface area (Å²) < 4.78 is 73.7. The summed E-state index contributed by atoms with van der Waals surface area (Å²) in [6.07, 6.45) is 6.53. The van der Waals surface area contributed by atoms with Crippen LogP contribution in [0.15, 0.2) is 127 Å². The summed E-state index contributed by atoms with van der Waals surface area (Å²) in [4.78, 5) is 105.